The van der Waals surface area contributed by atoms with Crippen LogP contribution in [0.15, 0.2) is 77.8 Å². The van der Waals surface area contributed by atoms with Gasteiger partial charge in [0.05, 0.1) is 18.6 Å². The summed E-state index contributed by atoms with van der Waals surface area (Å²) in [5.41, 5.74) is 3.42. The third-order valence-electron chi connectivity index (χ3n) is 4.80. The number of hydrogen-bond donors (Lipinski definition) is 0. The molecule has 1 aliphatic heterocycles. The van der Waals surface area contributed by atoms with E-state index in [1.54, 1.807) is 0 Å². The van der Waals surface area contributed by atoms with Crippen LogP contribution in [0.3, 0.4) is 0 Å². The number of nitrogens with zero attached hydrogens (tertiary/aromatic N) is 2. The first kappa shape index (κ1) is 14.5. The van der Waals surface area contributed by atoms with E-state index in [4.69, 9.17) is 11.6 Å². The second-order valence-electron chi connectivity index (χ2n) is 6.31. The highest BCUT2D eigenvalue weighted by molar-refractivity contribution is 6.36. The minimum absolute atomic E-state index is 0.788. The van der Waals surface area contributed by atoms with E-state index in [0.29, 0.717) is 0 Å². The predicted octanol–water partition coefficient (Wildman–Crippen LogP) is 6.33. The van der Waals surface area contributed by atoms with Crippen molar-refractivity contribution in [2.75, 3.05) is 4.90 Å². The van der Waals surface area contributed by atoms with Crippen LogP contribution in [0.2, 0.25) is 5.02 Å². The van der Waals surface area contributed by atoms with Gasteiger partial charge in [-0.05, 0) is 52.6 Å². The summed E-state index contributed by atoms with van der Waals surface area (Å²) >= 11 is 6.43. The Morgan fingerprint density at radius 1 is 0.800 bits per heavy atom. The molecule has 0 N–H and O–H groups in total. The molecule has 1 heterocycles. The van der Waals surface area contributed by atoms with Gasteiger partial charge in [-0.2, -0.15) is 0 Å². The summed E-state index contributed by atoms with van der Waals surface area (Å²) in [6, 6.07) is 25.0. The van der Waals surface area contributed by atoms with Gasteiger partial charge in [0, 0.05) is 21.7 Å². The molecule has 0 radical (unpaired) electrons. The summed E-state index contributed by atoms with van der Waals surface area (Å²) in [4.78, 5) is 6.85. The quantitative estimate of drug-likeness (QED) is 0.369. The second kappa shape index (κ2) is 5.61. The van der Waals surface area contributed by atoms with Gasteiger partial charge in [-0.15, -0.1) is 0 Å². The van der Waals surface area contributed by atoms with Crippen molar-refractivity contribution in [3.8, 4) is 0 Å². The van der Waals surface area contributed by atoms with E-state index >= 15 is 0 Å². The Balaban J connectivity index is 1.72. The maximum Gasteiger partial charge on any atom is 0.0960 e. The Morgan fingerprint density at radius 3 is 2.52 bits per heavy atom. The van der Waals surface area contributed by atoms with E-state index in [1.807, 2.05) is 24.5 Å². The fourth-order valence-electron chi connectivity index (χ4n) is 3.52. The van der Waals surface area contributed by atoms with Crippen LogP contribution < -0.4 is 4.90 Å². The Kier molecular flexibility index (Phi) is 3.25. The summed E-state index contributed by atoms with van der Waals surface area (Å²) in [7, 11) is 0. The summed E-state index contributed by atoms with van der Waals surface area (Å²) < 4.78 is 0. The van der Waals surface area contributed by atoms with Gasteiger partial charge >= 0.3 is 0 Å². The van der Waals surface area contributed by atoms with Crippen LogP contribution >= 0.6 is 11.6 Å². The molecular weight excluding hydrogens is 328 g/mol. The van der Waals surface area contributed by atoms with Crippen LogP contribution in [0.5, 0.6) is 0 Å². The molecule has 0 atom stereocenters. The summed E-state index contributed by atoms with van der Waals surface area (Å²) in [6.45, 7) is 0.802. The van der Waals surface area contributed by atoms with Crippen molar-refractivity contribution in [3.63, 3.8) is 0 Å². The molecule has 0 saturated heterocycles. The molecule has 0 unspecified atom stereocenters. The first-order chi connectivity index (χ1) is 12.3. The Hall–Kier alpha value is -2.84. The number of halogens is 1. The van der Waals surface area contributed by atoms with Gasteiger partial charge in [0.2, 0.25) is 0 Å². The Bertz CT molecular complexity index is 1130. The standard InChI is InChI=1S/C22H15ClN2/c23-21-8-4-5-15-11-16-9-10-22-20(18(16)12-19(15)21)13-25(14-24-22)17-6-2-1-3-7-17/h1-12,14H,13H2. The molecule has 0 fully saturated rings. The maximum atomic E-state index is 6.43. The summed E-state index contributed by atoms with van der Waals surface area (Å²) in [5.74, 6) is 0. The maximum absolute atomic E-state index is 6.43. The molecule has 0 amide bonds. The van der Waals surface area contributed by atoms with Gasteiger partial charge in [0.15, 0.2) is 0 Å². The zero-order valence-electron chi connectivity index (χ0n) is 13.5. The SMILES string of the molecule is Clc1cccc2cc3ccc4c(c3cc12)CN(c1ccccc1)C=N4. The second-order valence-corrected chi connectivity index (χ2v) is 6.71. The number of rotatable bonds is 1. The zero-order chi connectivity index (χ0) is 16.8. The van der Waals surface area contributed by atoms with Crippen molar-refractivity contribution >= 4 is 50.9 Å². The van der Waals surface area contributed by atoms with Crippen molar-refractivity contribution in [2.45, 2.75) is 6.54 Å². The average molecular weight is 343 g/mol. The molecule has 4 aromatic carbocycles. The minimum atomic E-state index is 0.788. The lowest BCUT2D eigenvalue weighted by atomic mass is 9.97. The molecule has 0 spiro atoms. The van der Waals surface area contributed by atoms with E-state index in [9.17, 15) is 0 Å². The lowest BCUT2D eigenvalue weighted by Crippen LogP contribution is -2.23. The van der Waals surface area contributed by atoms with E-state index in [-0.39, 0.29) is 0 Å². The summed E-state index contributed by atoms with van der Waals surface area (Å²) in [6.07, 6.45) is 1.91. The molecule has 0 aliphatic carbocycles. The molecule has 5 rings (SSSR count). The van der Waals surface area contributed by atoms with E-state index in [1.165, 1.54) is 21.7 Å². The molecule has 0 aromatic heterocycles. The number of anilines is 1. The minimum Gasteiger partial charge on any atom is -0.328 e. The number of aliphatic imine (C=N–C) groups is 1. The fourth-order valence-corrected chi connectivity index (χ4v) is 3.76. The molecular formula is C22H15ClN2. The van der Waals surface area contributed by atoms with Gasteiger partial charge in [-0.25, -0.2) is 4.99 Å². The molecule has 1 aliphatic rings. The fraction of sp³-hybridized carbons (Fsp3) is 0.0455. The van der Waals surface area contributed by atoms with Crippen molar-refractivity contribution in [1.29, 1.82) is 0 Å². The third kappa shape index (κ3) is 2.38. The van der Waals surface area contributed by atoms with Crippen molar-refractivity contribution in [2.24, 2.45) is 4.99 Å². The highest BCUT2D eigenvalue weighted by Crippen LogP contribution is 2.36. The molecule has 0 bridgehead atoms. The lowest BCUT2D eigenvalue weighted by molar-refractivity contribution is 1.01. The number of benzene rings is 4. The third-order valence-corrected chi connectivity index (χ3v) is 5.13. The molecule has 4 aromatic rings. The molecule has 0 saturated carbocycles. The highest BCUT2D eigenvalue weighted by Gasteiger charge is 2.16. The van der Waals surface area contributed by atoms with Gasteiger partial charge in [0.25, 0.3) is 0 Å². The highest BCUT2D eigenvalue weighted by atomic mass is 35.5. The average Bonchev–Trinajstić information content (AvgIpc) is 2.67. The van der Waals surface area contributed by atoms with Crippen molar-refractivity contribution < 1.29 is 0 Å². The van der Waals surface area contributed by atoms with Gasteiger partial charge < -0.3 is 4.90 Å². The molecule has 3 heteroatoms. The molecule has 120 valence electrons. The van der Waals surface area contributed by atoms with Gasteiger partial charge in [0.1, 0.15) is 0 Å². The van der Waals surface area contributed by atoms with Crippen LogP contribution in [0.1, 0.15) is 5.56 Å². The van der Waals surface area contributed by atoms with E-state index in [2.05, 4.69) is 64.5 Å². The van der Waals surface area contributed by atoms with Gasteiger partial charge in [-0.1, -0.05) is 48.0 Å². The molecule has 2 nitrogen and oxygen atoms in total. The number of para-hydroxylation sites is 1. The number of hydrogen-bond acceptors (Lipinski definition) is 2. The smallest absolute Gasteiger partial charge is 0.0960 e. The van der Waals surface area contributed by atoms with Gasteiger partial charge in [-0.3, -0.25) is 0 Å². The first-order valence-electron chi connectivity index (χ1n) is 8.29. The number of fused-ring (bicyclic) bond motifs is 4. The predicted molar refractivity (Wildman–Crippen MR) is 107 cm³/mol. The Morgan fingerprint density at radius 2 is 1.64 bits per heavy atom. The van der Waals surface area contributed by atoms with Crippen LogP contribution in [0.4, 0.5) is 11.4 Å². The normalized spacial score (nSPS) is 13.4. The molecule has 25 heavy (non-hydrogen) atoms. The Labute approximate surface area is 151 Å². The van der Waals surface area contributed by atoms with Crippen LogP contribution in [0, 0.1) is 0 Å². The van der Waals surface area contributed by atoms with Crippen molar-refractivity contribution in [1.82, 2.24) is 0 Å². The van der Waals surface area contributed by atoms with E-state index in [0.717, 1.165) is 28.3 Å². The monoisotopic (exact) mass is 342 g/mol. The zero-order valence-corrected chi connectivity index (χ0v) is 14.2. The van der Waals surface area contributed by atoms with Crippen LogP contribution in [-0.2, 0) is 6.54 Å². The van der Waals surface area contributed by atoms with Crippen LogP contribution in [-0.4, -0.2) is 6.34 Å². The van der Waals surface area contributed by atoms with Crippen molar-refractivity contribution in [3.05, 3.63) is 83.4 Å². The first-order valence-corrected chi connectivity index (χ1v) is 8.67. The van der Waals surface area contributed by atoms with Crippen LogP contribution in [0.25, 0.3) is 21.5 Å². The lowest BCUT2D eigenvalue weighted by Gasteiger charge is -2.25. The van der Waals surface area contributed by atoms with E-state index < -0.39 is 0 Å². The summed E-state index contributed by atoms with van der Waals surface area (Å²) in [5, 5.41) is 5.48. The largest absolute Gasteiger partial charge is 0.328 e. The topological polar surface area (TPSA) is 15.6 Å².